The standard InChI is InChI=1S/C18H21ClN2O4S/c1-12(14-7-5-6-8-17(14)25-4)20-18(22)15-11-13(9-10-16(15)19)26(23,24)21(2)3/h5-12H,1-4H3,(H,20,22). The molecule has 140 valence electrons. The van der Waals surface area contributed by atoms with E-state index in [9.17, 15) is 13.2 Å². The summed E-state index contributed by atoms with van der Waals surface area (Å²) in [6.07, 6.45) is 0. The molecule has 0 radical (unpaired) electrons. The van der Waals surface area contributed by atoms with Crippen LogP contribution in [0.25, 0.3) is 0 Å². The van der Waals surface area contributed by atoms with Crippen LogP contribution in [0.15, 0.2) is 47.4 Å². The van der Waals surface area contributed by atoms with Crippen molar-refractivity contribution in [3.8, 4) is 5.75 Å². The summed E-state index contributed by atoms with van der Waals surface area (Å²) in [5.74, 6) is 0.180. The lowest BCUT2D eigenvalue weighted by atomic mass is 10.1. The number of hydrogen-bond acceptors (Lipinski definition) is 4. The summed E-state index contributed by atoms with van der Waals surface area (Å²) in [4.78, 5) is 12.7. The summed E-state index contributed by atoms with van der Waals surface area (Å²) >= 11 is 6.11. The Morgan fingerprint density at radius 3 is 2.46 bits per heavy atom. The van der Waals surface area contributed by atoms with Gasteiger partial charge in [-0.2, -0.15) is 0 Å². The predicted molar refractivity (Wildman–Crippen MR) is 101 cm³/mol. The van der Waals surface area contributed by atoms with Gasteiger partial charge in [-0.15, -0.1) is 0 Å². The first-order valence-corrected chi connectivity index (χ1v) is 9.66. The molecular formula is C18H21ClN2O4S. The van der Waals surface area contributed by atoms with Crippen LogP contribution in [0.1, 0.15) is 28.9 Å². The highest BCUT2D eigenvalue weighted by molar-refractivity contribution is 7.89. The Bertz CT molecular complexity index is 913. The molecule has 26 heavy (non-hydrogen) atoms. The minimum atomic E-state index is -3.67. The maximum absolute atomic E-state index is 12.7. The molecule has 0 aliphatic carbocycles. The van der Waals surface area contributed by atoms with Gasteiger partial charge < -0.3 is 10.1 Å². The van der Waals surface area contributed by atoms with Crippen molar-refractivity contribution < 1.29 is 17.9 Å². The smallest absolute Gasteiger partial charge is 0.253 e. The average Bonchev–Trinajstić information content (AvgIpc) is 2.61. The van der Waals surface area contributed by atoms with E-state index < -0.39 is 15.9 Å². The van der Waals surface area contributed by atoms with E-state index in [0.717, 1.165) is 9.87 Å². The Labute approximate surface area is 158 Å². The van der Waals surface area contributed by atoms with Crippen molar-refractivity contribution in [2.45, 2.75) is 17.9 Å². The first-order valence-electron chi connectivity index (χ1n) is 7.84. The lowest BCUT2D eigenvalue weighted by Gasteiger charge is -2.18. The van der Waals surface area contributed by atoms with Gasteiger partial charge in [0.25, 0.3) is 5.91 Å². The molecule has 2 aromatic rings. The van der Waals surface area contributed by atoms with Gasteiger partial charge in [0.2, 0.25) is 10.0 Å². The van der Waals surface area contributed by atoms with Gasteiger partial charge in [0.1, 0.15) is 5.75 Å². The molecule has 0 heterocycles. The molecule has 8 heteroatoms. The number of amides is 1. The van der Waals surface area contributed by atoms with Gasteiger partial charge in [-0.1, -0.05) is 29.8 Å². The molecule has 0 saturated carbocycles. The van der Waals surface area contributed by atoms with Crippen LogP contribution in [-0.2, 0) is 10.0 Å². The number of sulfonamides is 1. The summed E-state index contributed by atoms with van der Waals surface area (Å²) in [6, 6.07) is 11.0. The minimum Gasteiger partial charge on any atom is -0.496 e. The second-order valence-corrected chi connectivity index (χ2v) is 8.43. The molecule has 1 atom stereocenters. The Kier molecular flexibility index (Phi) is 6.28. The Hall–Kier alpha value is -2.09. The first-order chi connectivity index (χ1) is 12.2. The highest BCUT2D eigenvalue weighted by Gasteiger charge is 2.22. The van der Waals surface area contributed by atoms with Gasteiger partial charge in [-0.3, -0.25) is 4.79 Å². The van der Waals surface area contributed by atoms with E-state index in [-0.39, 0.29) is 21.5 Å². The summed E-state index contributed by atoms with van der Waals surface area (Å²) < 4.78 is 30.9. The fraction of sp³-hybridized carbons (Fsp3) is 0.278. The quantitative estimate of drug-likeness (QED) is 0.814. The van der Waals surface area contributed by atoms with Crippen LogP contribution in [0.4, 0.5) is 0 Å². The number of carbonyl (C=O) groups is 1. The molecule has 0 aliphatic heterocycles. The molecule has 1 amide bonds. The molecule has 0 fully saturated rings. The largest absolute Gasteiger partial charge is 0.496 e. The average molecular weight is 397 g/mol. The zero-order valence-electron chi connectivity index (χ0n) is 15.0. The zero-order valence-corrected chi connectivity index (χ0v) is 16.6. The van der Waals surface area contributed by atoms with E-state index in [4.69, 9.17) is 16.3 Å². The van der Waals surface area contributed by atoms with Crippen molar-refractivity contribution >= 4 is 27.5 Å². The number of benzene rings is 2. The fourth-order valence-electron chi connectivity index (χ4n) is 2.43. The Morgan fingerprint density at radius 2 is 1.85 bits per heavy atom. The van der Waals surface area contributed by atoms with Crippen molar-refractivity contribution in [1.82, 2.24) is 9.62 Å². The number of rotatable bonds is 6. The van der Waals surface area contributed by atoms with Crippen LogP contribution < -0.4 is 10.1 Å². The normalized spacial score (nSPS) is 12.7. The third kappa shape index (κ3) is 4.17. The molecule has 6 nitrogen and oxygen atoms in total. The van der Waals surface area contributed by atoms with Gasteiger partial charge in [0.15, 0.2) is 0 Å². The zero-order chi connectivity index (χ0) is 19.5. The maximum atomic E-state index is 12.7. The van der Waals surface area contributed by atoms with Crippen LogP contribution in [0, 0.1) is 0 Å². The number of halogens is 1. The number of methoxy groups -OCH3 is 1. The molecule has 0 saturated heterocycles. The van der Waals surface area contributed by atoms with Gasteiger partial charge >= 0.3 is 0 Å². The van der Waals surface area contributed by atoms with E-state index >= 15 is 0 Å². The SMILES string of the molecule is COc1ccccc1C(C)NC(=O)c1cc(S(=O)(=O)N(C)C)ccc1Cl. The topological polar surface area (TPSA) is 75.7 Å². The van der Waals surface area contributed by atoms with Crippen LogP contribution >= 0.6 is 11.6 Å². The number of nitrogens with one attached hydrogen (secondary N) is 1. The fourth-order valence-corrected chi connectivity index (χ4v) is 3.56. The van der Waals surface area contributed by atoms with Crippen LogP contribution in [-0.4, -0.2) is 39.8 Å². The minimum absolute atomic E-state index is 0.00185. The van der Waals surface area contributed by atoms with Gasteiger partial charge in [0.05, 0.1) is 28.6 Å². The summed E-state index contributed by atoms with van der Waals surface area (Å²) in [5.41, 5.74) is 0.896. The molecule has 0 bridgehead atoms. The molecule has 0 aromatic heterocycles. The highest BCUT2D eigenvalue weighted by atomic mass is 35.5. The van der Waals surface area contributed by atoms with Crippen molar-refractivity contribution in [3.63, 3.8) is 0 Å². The third-order valence-corrected chi connectivity index (χ3v) is 6.05. The summed E-state index contributed by atoms with van der Waals surface area (Å²) in [6.45, 7) is 1.81. The molecule has 0 spiro atoms. The number of nitrogens with zero attached hydrogens (tertiary/aromatic N) is 1. The number of carbonyl (C=O) groups excluding carboxylic acids is 1. The van der Waals surface area contributed by atoms with E-state index in [2.05, 4.69) is 5.32 Å². The van der Waals surface area contributed by atoms with Crippen molar-refractivity contribution in [2.75, 3.05) is 21.2 Å². The lowest BCUT2D eigenvalue weighted by Crippen LogP contribution is -2.28. The molecule has 1 unspecified atom stereocenters. The van der Waals surface area contributed by atoms with Gasteiger partial charge in [-0.25, -0.2) is 12.7 Å². The molecule has 1 N–H and O–H groups in total. The van der Waals surface area contributed by atoms with Crippen molar-refractivity contribution in [3.05, 3.63) is 58.6 Å². The Balaban J connectivity index is 2.32. The molecular weight excluding hydrogens is 376 g/mol. The van der Waals surface area contributed by atoms with Crippen molar-refractivity contribution in [1.29, 1.82) is 0 Å². The summed E-state index contributed by atoms with van der Waals surface area (Å²) in [5, 5.41) is 3.00. The Morgan fingerprint density at radius 1 is 1.19 bits per heavy atom. The molecule has 0 aliphatic rings. The van der Waals surface area contributed by atoms with E-state index in [1.165, 1.54) is 32.3 Å². The monoisotopic (exact) mass is 396 g/mol. The third-order valence-electron chi connectivity index (χ3n) is 3.91. The van der Waals surface area contributed by atoms with E-state index in [1.54, 1.807) is 13.2 Å². The van der Waals surface area contributed by atoms with Crippen LogP contribution in [0.3, 0.4) is 0 Å². The lowest BCUT2D eigenvalue weighted by molar-refractivity contribution is 0.0939. The van der Waals surface area contributed by atoms with Crippen LogP contribution in [0.2, 0.25) is 5.02 Å². The van der Waals surface area contributed by atoms with E-state index in [0.29, 0.717) is 5.75 Å². The maximum Gasteiger partial charge on any atom is 0.253 e. The first kappa shape index (κ1) is 20.2. The number of hydrogen-bond donors (Lipinski definition) is 1. The number of para-hydroxylation sites is 1. The summed E-state index contributed by atoms with van der Waals surface area (Å²) in [7, 11) is 0.737. The van der Waals surface area contributed by atoms with Gasteiger partial charge in [-0.05, 0) is 31.2 Å². The second-order valence-electron chi connectivity index (χ2n) is 5.87. The van der Waals surface area contributed by atoms with E-state index in [1.807, 2.05) is 25.1 Å². The molecule has 2 aromatic carbocycles. The van der Waals surface area contributed by atoms with Gasteiger partial charge in [0, 0.05) is 19.7 Å². The van der Waals surface area contributed by atoms with Crippen molar-refractivity contribution in [2.24, 2.45) is 0 Å². The second kappa shape index (κ2) is 8.07. The molecule has 2 rings (SSSR count). The van der Waals surface area contributed by atoms with Crippen LogP contribution in [0.5, 0.6) is 5.75 Å². The number of ether oxygens (including phenoxy) is 1. The predicted octanol–water partition coefficient (Wildman–Crippen LogP) is 3.09. The highest BCUT2D eigenvalue weighted by Crippen LogP contribution is 2.26.